The molecule has 0 aliphatic heterocycles. The molecule has 0 radical (unpaired) electrons. The fourth-order valence-electron chi connectivity index (χ4n) is 4.91. The number of ether oxygens (including phenoxy) is 3. The van der Waals surface area contributed by atoms with Crippen molar-refractivity contribution in [2.75, 3.05) is 25.3 Å². The van der Waals surface area contributed by atoms with E-state index >= 15 is 0 Å². The van der Waals surface area contributed by atoms with Crippen LogP contribution in [0.25, 0.3) is 10.8 Å². The van der Waals surface area contributed by atoms with Crippen LogP contribution < -0.4 is 25.8 Å². The van der Waals surface area contributed by atoms with Crippen LogP contribution in [0.1, 0.15) is 24.0 Å². The van der Waals surface area contributed by atoms with Crippen LogP contribution in [0, 0.1) is 0 Å². The van der Waals surface area contributed by atoms with Crippen molar-refractivity contribution >= 4 is 44.0 Å². The minimum absolute atomic E-state index is 0.0141. The lowest BCUT2D eigenvalue weighted by atomic mass is 9.99. The predicted molar refractivity (Wildman–Crippen MR) is 162 cm³/mol. The van der Waals surface area contributed by atoms with E-state index < -0.39 is 45.4 Å². The minimum Gasteiger partial charge on any atom is -0.493 e. The number of aromatic nitrogens is 1. The molecular formula is C31H29F3N4O7S. The largest absolute Gasteiger partial charge is 0.493 e. The fourth-order valence-corrected chi connectivity index (χ4v) is 6.80. The smallest absolute Gasteiger partial charge is 0.491 e. The molecule has 0 saturated heterocycles. The third-order valence-electron chi connectivity index (χ3n) is 7.38. The number of amides is 1. The Kier molecular flexibility index (Phi) is 8.71. The fraction of sp³-hybridized carbons (Fsp3) is 0.258. The lowest BCUT2D eigenvalue weighted by Crippen LogP contribution is -2.54. The van der Waals surface area contributed by atoms with E-state index in [9.17, 15) is 31.2 Å². The number of carbonyl (C=O) groups excluding carboxylic acids is 2. The first-order valence-electron chi connectivity index (χ1n) is 13.9. The first-order chi connectivity index (χ1) is 21.8. The van der Waals surface area contributed by atoms with Gasteiger partial charge in [-0.2, -0.15) is 13.2 Å². The van der Waals surface area contributed by atoms with Crippen LogP contribution in [0.5, 0.6) is 11.5 Å². The number of esters is 1. The van der Waals surface area contributed by atoms with E-state index in [0.717, 1.165) is 0 Å². The van der Waals surface area contributed by atoms with Crippen LogP contribution in [0.15, 0.2) is 77.8 Å². The van der Waals surface area contributed by atoms with Gasteiger partial charge in [-0.1, -0.05) is 18.2 Å². The van der Waals surface area contributed by atoms with Gasteiger partial charge in [-0.25, -0.2) is 18.2 Å². The zero-order chi connectivity index (χ0) is 33.3. The van der Waals surface area contributed by atoms with Gasteiger partial charge in [-0.15, -0.1) is 0 Å². The summed E-state index contributed by atoms with van der Waals surface area (Å²) >= 11 is 0. The van der Waals surface area contributed by atoms with Crippen LogP contribution in [0.3, 0.4) is 0 Å². The predicted octanol–water partition coefficient (Wildman–Crippen LogP) is 4.46. The van der Waals surface area contributed by atoms with Crippen molar-refractivity contribution in [2.24, 2.45) is 0 Å². The molecule has 46 heavy (non-hydrogen) atoms. The summed E-state index contributed by atoms with van der Waals surface area (Å²) in [5.41, 5.74) is 3.06. The Hall–Kier alpha value is -5.05. The van der Waals surface area contributed by atoms with Crippen LogP contribution in [-0.2, 0) is 36.4 Å². The minimum atomic E-state index is -5.50. The molecule has 1 amide bonds. The molecule has 1 heterocycles. The number of pyridine rings is 1. The number of benzene rings is 3. The second kappa shape index (κ2) is 12.4. The Morgan fingerprint density at radius 3 is 2.37 bits per heavy atom. The van der Waals surface area contributed by atoms with E-state index in [1.807, 2.05) is 0 Å². The number of fused-ring (bicyclic) bond motifs is 1. The van der Waals surface area contributed by atoms with Crippen molar-refractivity contribution in [1.82, 2.24) is 10.3 Å². The monoisotopic (exact) mass is 658 g/mol. The van der Waals surface area contributed by atoms with Crippen LogP contribution in [0.4, 0.5) is 24.7 Å². The van der Waals surface area contributed by atoms with Gasteiger partial charge in [-0.3, -0.25) is 4.79 Å². The number of rotatable bonds is 11. The van der Waals surface area contributed by atoms with Gasteiger partial charge in [0, 0.05) is 29.4 Å². The molecule has 0 bridgehead atoms. The molecule has 1 atom stereocenters. The van der Waals surface area contributed by atoms with Crippen molar-refractivity contribution in [2.45, 2.75) is 41.4 Å². The van der Waals surface area contributed by atoms with Gasteiger partial charge in [0.25, 0.3) is 11.6 Å². The highest BCUT2D eigenvalue weighted by Crippen LogP contribution is 2.38. The Bertz CT molecular complexity index is 1920. The third-order valence-corrected chi connectivity index (χ3v) is 9.74. The van der Waals surface area contributed by atoms with Crippen molar-refractivity contribution in [3.8, 4) is 11.5 Å². The second-order valence-corrected chi connectivity index (χ2v) is 12.6. The molecule has 0 spiro atoms. The standard InChI is InChI=1S/C31H29F3N4O7S/c1-43-24-12-7-20(16-25(24)44-2)30(45-29(40)31(32,33)34,38-21-8-11-23-18(15-21)13-14-36-27(23)35)28(39)37-17-19-5-3-4-6-26(19)46(41,42)22-9-10-22/h3-8,11-16,22,38H,9-10,17H2,1-2H3,(H2,35,36)(H,37,39). The molecule has 1 fully saturated rings. The van der Waals surface area contributed by atoms with E-state index in [2.05, 4.69) is 15.6 Å². The van der Waals surface area contributed by atoms with Crippen LogP contribution in [0.2, 0.25) is 0 Å². The molecular weight excluding hydrogens is 629 g/mol. The number of hydrogen-bond acceptors (Lipinski definition) is 10. The van der Waals surface area contributed by atoms with Crippen molar-refractivity contribution in [3.05, 3.63) is 84.1 Å². The summed E-state index contributed by atoms with van der Waals surface area (Å²) in [5, 5.41) is 5.66. The van der Waals surface area contributed by atoms with E-state index in [-0.39, 0.29) is 39.0 Å². The maximum atomic E-state index is 14.2. The van der Waals surface area contributed by atoms with E-state index in [1.54, 1.807) is 12.1 Å². The number of nitrogens with zero attached hydrogens (tertiary/aromatic N) is 1. The van der Waals surface area contributed by atoms with Gasteiger partial charge in [0.2, 0.25) is 0 Å². The van der Waals surface area contributed by atoms with E-state index in [4.69, 9.17) is 19.9 Å². The molecule has 4 N–H and O–H groups in total. The molecule has 242 valence electrons. The number of nitrogens with two attached hydrogens (primary N) is 1. The maximum absolute atomic E-state index is 14.2. The number of halogens is 3. The lowest BCUT2D eigenvalue weighted by molar-refractivity contribution is -0.213. The number of anilines is 2. The summed E-state index contributed by atoms with van der Waals surface area (Å²) in [6, 6.07) is 15.7. The SMILES string of the molecule is COc1ccc(C(Nc2ccc3c(N)nccc3c2)(OC(=O)C(F)(F)F)C(=O)NCc2ccccc2S(=O)(=O)C2CC2)cc1OC. The molecule has 1 aliphatic rings. The second-order valence-electron chi connectivity index (χ2n) is 10.4. The molecule has 5 rings (SSSR count). The molecule has 3 aromatic carbocycles. The molecule has 4 aromatic rings. The molecule has 1 saturated carbocycles. The molecule has 15 heteroatoms. The molecule has 1 aromatic heterocycles. The van der Waals surface area contributed by atoms with Gasteiger partial charge < -0.3 is 30.6 Å². The Labute approximate surface area is 261 Å². The zero-order valence-corrected chi connectivity index (χ0v) is 25.4. The lowest BCUT2D eigenvalue weighted by Gasteiger charge is -2.34. The van der Waals surface area contributed by atoms with Gasteiger partial charge >= 0.3 is 12.1 Å². The van der Waals surface area contributed by atoms with Gasteiger partial charge in [0.05, 0.1) is 24.4 Å². The van der Waals surface area contributed by atoms with Crippen molar-refractivity contribution in [1.29, 1.82) is 0 Å². The maximum Gasteiger partial charge on any atom is 0.491 e. The summed E-state index contributed by atoms with van der Waals surface area (Å²) in [6.07, 6.45) is -3.09. The molecule has 1 aliphatic carbocycles. The summed E-state index contributed by atoms with van der Waals surface area (Å²) in [4.78, 5) is 30.7. The van der Waals surface area contributed by atoms with E-state index in [0.29, 0.717) is 23.6 Å². The quantitative estimate of drug-likeness (QED) is 0.155. The van der Waals surface area contributed by atoms with Gasteiger partial charge in [0.15, 0.2) is 21.3 Å². The molecule has 11 nitrogen and oxygen atoms in total. The first kappa shape index (κ1) is 32.3. The highest BCUT2D eigenvalue weighted by Gasteiger charge is 2.52. The zero-order valence-electron chi connectivity index (χ0n) is 24.6. The summed E-state index contributed by atoms with van der Waals surface area (Å²) in [7, 11) is -1.10. The number of methoxy groups -OCH3 is 2. The number of sulfone groups is 1. The molecule has 1 unspecified atom stereocenters. The van der Waals surface area contributed by atoms with Crippen molar-refractivity contribution in [3.63, 3.8) is 0 Å². The summed E-state index contributed by atoms with van der Waals surface area (Å²) in [5.74, 6) is -3.53. The van der Waals surface area contributed by atoms with Gasteiger partial charge in [-0.05, 0) is 72.3 Å². The highest BCUT2D eigenvalue weighted by molar-refractivity contribution is 7.92. The number of nitrogens with one attached hydrogen (secondary N) is 2. The summed E-state index contributed by atoms with van der Waals surface area (Å²) < 4.78 is 83.1. The normalized spacial score (nSPS) is 14.6. The Balaban J connectivity index is 1.64. The number of carbonyl (C=O) groups is 2. The first-order valence-corrected chi connectivity index (χ1v) is 15.4. The van der Waals surface area contributed by atoms with E-state index in [1.165, 1.54) is 75.0 Å². The third kappa shape index (κ3) is 6.36. The Morgan fingerprint density at radius 1 is 0.978 bits per heavy atom. The number of alkyl halides is 3. The average Bonchev–Trinajstić information content (AvgIpc) is 3.89. The average molecular weight is 659 g/mol. The van der Waals surface area contributed by atoms with Crippen molar-refractivity contribution < 1.29 is 45.4 Å². The number of hydrogen-bond donors (Lipinski definition) is 3. The van der Waals surface area contributed by atoms with Crippen LogP contribution >= 0.6 is 0 Å². The highest BCUT2D eigenvalue weighted by atomic mass is 32.2. The van der Waals surface area contributed by atoms with Gasteiger partial charge in [0.1, 0.15) is 5.82 Å². The summed E-state index contributed by atoms with van der Waals surface area (Å²) in [6.45, 7) is -0.429. The topological polar surface area (TPSA) is 159 Å². The Morgan fingerprint density at radius 2 is 1.70 bits per heavy atom. The van der Waals surface area contributed by atoms with Crippen LogP contribution in [-0.4, -0.2) is 50.9 Å². The number of nitrogen functional groups attached to an aromatic ring is 1.